The Labute approximate surface area is 178 Å². The lowest BCUT2D eigenvalue weighted by Crippen LogP contribution is -2.46. The van der Waals surface area contributed by atoms with Crippen molar-refractivity contribution in [1.82, 2.24) is 14.9 Å². The summed E-state index contributed by atoms with van der Waals surface area (Å²) in [5.74, 6) is 1.15. The van der Waals surface area contributed by atoms with E-state index in [4.69, 9.17) is 0 Å². The summed E-state index contributed by atoms with van der Waals surface area (Å²) in [4.78, 5) is 25.7. The molecular formula is C22H22BrN5O. The molecule has 2 aromatic carbocycles. The number of halogens is 1. The summed E-state index contributed by atoms with van der Waals surface area (Å²) in [6.07, 6.45) is 1.50. The third-order valence-corrected chi connectivity index (χ3v) is 5.42. The second-order valence-electron chi connectivity index (χ2n) is 6.97. The van der Waals surface area contributed by atoms with Gasteiger partial charge in [0, 0.05) is 48.8 Å². The van der Waals surface area contributed by atoms with Gasteiger partial charge >= 0.3 is 0 Å². The Morgan fingerprint density at radius 1 is 0.966 bits per heavy atom. The average molecular weight is 452 g/mol. The molecule has 2 heterocycles. The van der Waals surface area contributed by atoms with Crippen molar-refractivity contribution in [2.45, 2.75) is 6.54 Å². The summed E-state index contributed by atoms with van der Waals surface area (Å²) in [6.45, 7) is 4.69. The van der Waals surface area contributed by atoms with Gasteiger partial charge in [0.05, 0.1) is 0 Å². The van der Waals surface area contributed by atoms with Gasteiger partial charge in [-0.15, -0.1) is 0 Å². The number of benzene rings is 2. The Kier molecular flexibility index (Phi) is 6.17. The number of carbonyl (C=O) groups is 1. The third-order valence-electron chi connectivity index (χ3n) is 4.93. The normalized spacial score (nSPS) is 14.6. The minimum Gasteiger partial charge on any atom is -0.354 e. The van der Waals surface area contributed by atoms with Gasteiger partial charge in [-0.3, -0.25) is 9.69 Å². The van der Waals surface area contributed by atoms with Crippen LogP contribution in [-0.2, 0) is 6.54 Å². The molecule has 1 amide bonds. The molecule has 29 heavy (non-hydrogen) atoms. The molecule has 1 aliphatic rings. The maximum Gasteiger partial charge on any atom is 0.256 e. The molecule has 148 valence electrons. The van der Waals surface area contributed by atoms with Crippen molar-refractivity contribution < 1.29 is 4.79 Å². The Bertz CT molecular complexity index is 974. The van der Waals surface area contributed by atoms with Crippen molar-refractivity contribution in [3.63, 3.8) is 0 Å². The first-order valence-corrected chi connectivity index (χ1v) is 10.4. The van der Waals surface area contributed by atoms with Crippen LogP contribution in [0.4, 0.5) is 11.6 Å². The number of rotatable bonds is 5. The van der Waals surface area contributed by atoms with Gasteiger partial charge in [0.1, 0.15) is 18.0 Å². The quantitative estimate of drug-likeness (QED) is 0.638. The molecular weight excluding hydrogens is 430 g/mol. The van der Waals surface area contributed by atoms with Crippen LogP contribution in [0.3, 0.4) is 0 Å². The predicted molar refractivity (Wildman–Crippen MR) is 118 cm³/mol. The average Bonchev–Trinajstić information content (AvgIpc) is 2.75. The van der Waals surface area contributed by atoms with Gasteiger partial charge in [0.25, 0.3) is 5.91 Å². The fourth-order valence-corrected chi connectivity index (χ4v) is 3.78. The smallest absolute Gasteiger partial charge is 0.256 e. The van der Waals surface area contributed by atoms with Crippen molar-refractivity contribution in [1.29, 1.82) is 0 Å². The molecule has 4 rings (SSSR count). The zero-order valence-corrected chi connectivity index (χ0v) is 17.5. The molecule has 0 saturated carbocycles. The van der Waals surface area contributed by atoms with Gasteiger partial charge in [-0.2, -0.15) is 0 Å². The van der Waals surface area contributed by atoms with Gasteiger partial charge in [-0.25, -0.2) is 9.97 Å². The van der Waals surface area contributed by atoms with E-state index < -0.39 is 0 Å². The fourth-order valence-electron chi connectivity index (χ4n) is 3.38. The highest BCUT2D eigenvalue weighted by atomic mass is 79.9. The molecule has 0 aliphatic carbocycles. The minimum atomic E-state index is -0.191. The van der Waals surface area contributed by atoms with E-state index in [0.717, 1.165) is 43.0 Å². The number of amides is 1. The zero-order chi connectivity index (χ0) is 20.1. The molecule has 3 aromatic rings. The van der Waals surface area contributed by atoms with E-state index in [-0.39, 0.29) is 5.91 Å². The first-order chi connectivity index (χ1) is 14.2. The van der Waals surface area contributed by atoms with Crippen LogP contribution in [0.25, 0.3) is 0 Å². The zero-order valence-electron chi connectivity index (χ0n) is 16.0. The van der Waals surface area contributed by atoms with Crippen LogP contribution in [0.5, 0.6) is 0 Å². The van der Waals surface area contributed by atoms with Gasteiger partial charge < -0.3 is 10.2 Å². The predicted octanol–water partition coefficient (Wildman–Crippen LogP) is 3.81. The number of nitrogens with one attached hydrogen (secondary N) is 1. The second-order valence-corrected chi connectivity index (χ2v) is 7.89. The van der Waals surface area contributed by atoms with E-state index in [1.54, 1.807) is 12.1 Å². The number of anilines is 2. The molecule has 0 radical (unpaired) electrons. The summed E-state index contributed by atoms with van der Waals surface area (Å²) in [6, 6.07) is 19.6. The maximum absolute atomic E-state index is 12.5. The number of piperazine rings is 1. The van der Waals surface area contributed by atoms with Crippen LogP contribution < -0.4 is 10.2 Å². The summed E-state index contributed by atoms with van der Waals surface area (Å²) < 4.78 is 0.863. The Balaban J connectivity index is 1.36. The Morgan fingerprint density at radius 2 is 1.76 bits per heavy atom. The lowest BCUT2D eigenvalue weighted by molar-refractivity contribution is 0.102. The Morgan fingerprint density at radius 3 is 2.52 bits per heavy atom. The molecule has 0 unspecified atom stereocenters. The minimum absolute atomic E-state index is 0.191. The van der Waals surface area contributed by atoms with Gasteiger partial charge in [-0.05, 0) is 23.8 Å². The molecule has 7 heteroatoms. The second kappa shape index (κ2) is 9.15. The number of carbonyl (C=O) groups excluding carboxylic acids is 1. The third kappa shape index (κ3) is 5.19. The Hall–Kier alpha value is -2.77. The van der Waals surface area contributed by atoms with Gasteiger partial charge in [0.2, 0.25) is 0 Å². The fraction of sp³-hybridized carbons (Fsp3) is 0.227. The topological polar surface area (TPSA) is 61.4 Å². The van der Waals surface area contributed by atoms with E-state index in [0.29, 0.717) is 11.4 Å². The standard InChI is InChI=1S/C22H22BrN5O/c23-19-8-4-7-18(13-19)22(29)26-20-14-21(25-16-24-20)28-11-9-27(10-12-28)15-17-5-2-1-3-6-17/h1-8,13-14,16H,9-12,15H2,(H,24,25,26,29). The van der Waals surface area contributed by atoms with Crippen LogP contribution in [0, 0.1) is 0 Å². The largest absolute Gasteiger partial charge is 0.354 e. The molecule has 1 aromatic heterocycles. The van der Waals surface area contributed by atoms with E-state index >= 15 is 0 Å². The van der Waals surface area contributed by atoms with Crippen molar-refractivity contribution in [2.24, 2.45) is 0 Å². The van der Waals surface area contributed by atoms with Crippen LogP contribution in [0.2, 0.25) is 0 Å². The lowest BCUT2D eigenvalue weighted by Gasteiger charge is -2.35. The number of nitrogens with zero attached hydrogens (tertiary/aromatic N) is 4. The van der Waals surface area contributed by atoms with Crippen LogP contribution >= 0.6 is 15.9 Å². The molecule has 1 N–H and O–H groups in total. The summed E-state index contributed by atoms with van der Waals surface area (Å²) >= 11 is 3.39. The lowest BCUT2D eigenvalue weighted by atomic mass is 10.2. The van der Waals surface area contributed by atoms with E-state index in [1.807, 2.05) is 24.3 Å². The highest BCUT2D eigenvalue weighted by molar-refractivity contribution is 9.10. The molecule has 1 fully saturated rings. The van der Waals surface area contributed by atoms with E-state index in [9.17, 15) is 4.79 Å². The summed E-state index contributed by atoms with van der Waals surface area (Å²) in [5, 5.41) is 2.86. The van der Waals surface area contributed by atoms with Crippen LogP contribution in [0.1, 0.15) is 15.9 Å². The van der Waals surface area contributed by atoms with Gasteiger partial charge in [-0.1, -0.05) is 52.3 Å². The van der Waals surface area contributed by atoms with Crippen molar-refractivity contribution >= 4 is 33.5 Å². The number of aromatic nitrogens is 2. The molecule has 0 atom stereocenters. The highest BCUT2D eigenvalue weighted by Crippen LogP contribution is 2.18. The highest BCUT2D eigenvalue weighted by Gasteiger charge is 2.19. The molecule has 6 nitrogen and oxygen atoms in total. The number of hydrogen-bond donors (Lipinski definition) is 1. The monoisotopic (exact) mass is 451 g/mol. The summed E-state index contributed by atoms with van der Waals surface area (Å²) in [7, 11) is 0. The van der Waals surface area contributed by atoms with Crippen molar-refractivity contribution in [2.75, 3.05) is 36.4 Å². The first kappa shape index (κ1) is 19.5. The SMILES string of the molecule is O=C(Nc1cc(N2CCN(Cc3ccccc3)CC2)ncn1)c1cccc(Br)c1. The van der Waals surface area contributed by atoms with Crippen LogP contribution in [-0.4, -0.2) is 47.0 Å². The van der Waals surface area contributed by atoms with Crippen molar-refractivity contribution in [3.05, 3.63) is 82.6 Å². The van der Waals surface area contributed by atoms with E-state index in [2.05, 4.69) is 65.3 Å². The van der Waals surface area contributed by atoms with Crippen LogP contribution in [0.15, 0.2) is 71.5 Å². The number of hydrogen-bond acceptors (Lipinski definition) is 5. The first-order valence-electron chi connectivity index (χ1n) is 9.57. The molecule has 1 saturated heterocycles. The summed E-state index contributed by atoms with van der Waals surface area (Å²) in [5.41, 5.74) is 1.91. The van der Waals surface area contributed by atoms with Gasteiger partial charge in [0.15, 0.2) is 0 Å². The molecule has 1 aliphatic heterocycles. The maximum atomic E-state index is 12.5. The van der Waals surface area contributed by atoms with Crippen molar-refractivity contribution in [3.8, 4) is 0 Å². The van der Waals surface area contributed by atoms with E-state index in [1.165, 1.54) is 11.9 Å². The molecule has 0 spiro atoms. The molecule has 0 bridgehead atoms.